The molecule has 25 heavy (non-hydrogen) atoms. The summed E-state index contributed by atoms with van der Waals surface area (Å²) in [6.45, 7) is 2.58. The first-order valence-electron chi connectivity index (χ1n) is 7.80. The first-order valence-corrected chi connectivity index (χ1v) is 8.59. The van der Waals surface area contributed by atoms with Gasteiger partial charge >= 0.3 is 0 Å². The second-order valence-electron chi connectivity index (χ2n) is 5.52. The van der Waals surface area contributed by atoms with Gasteiger partial charge in [-0.2, -0.15) is 0 Å². The quantitative estimate of drug-likeness (QED) is 0.669. The number of carbonyl (C=O) groups is 1. The average Bonchev–Trinajstić information content (AvgIpc) is 2.64. The van der Waals surface area contributed by atoms with E-state index in [1.54, 1.807) is 12.3 Å². The Kier molecular flexibility index (Phi) is 5.40. The molecule has 0 aliphatic heterocycles. The summed E-state index contributed by atoms with van der Waals surface area (Å²) in [7, 11) is 0. The highest BCUT2D eigenvalue weighted by atomic mass is 79.9. The Labute approximate surface area is 154 Å². The van der Waals surface area contributed by atoms with E-state index in [-0.39, 0.29) is 5.91 Å². The number of aryl methyl sites for hydroxylation is 1. The normalized spacial score (nSPS) is 10.3. The smallest absolute Gasteiger partial charge is 0.274 e. The van der Waals surface area contributed by atoms with Gasteiger partial charge in [-0.05, 0) is 36.2 Å². The number of anilines is 2. The maximum Gasteiger partial charge on any atom is 0.274 e. The molecule has 1 amide bonds. The lowest BCUT2D eigenvalue weighted by molar-refractivity contribution is 0.102. The molecule has 0 spiro atoms. The maximum absolute atomic E-state index is 12.4. The predicted molar refractivity (Wildman–Crippen MR) is 103 cm³/mol. The van der Waals surface area contributed by atoms with Gasteiger partial charge in [0.05, 0.1) is 0 Å². The largest absolute Gasteiger partial charge is 0.350 e. The SMILES string of the molecule is Cc1ccc(NC(=O)c2ccnc(NCc3ccccc3)n2)cc1Br. The lowest BCUT2D eigenvalue weighted by Gasteiger charge is -2.08. The van der Waals surface area contributed by atoms with Gasteiger partial charge in [0, 0.05) is 22.9 Å². The highest BCUT2D eigenvalue weighted by Crippen LogP contribution is 2.21. The Balaban J connectivity index is 1.67. The number of amides is 1. The van der Waals surface area contributed by atoms with Crippen LogP contribution < -0.4 is 10.6 Å². The zero-order valence-corrected chi connectivity index (χ0v) is 15.2. The summed E-state index contributed by atoms with van der Waals surface area (Å²) in [5.41, 5.74) is 3.24. The summed E-state index contributed by atoms with van der Waals surface area (Å²) in [4.78, 5) is 20.8. The molecule has 5 nitrogen and oxygen atoms in total. The van der Waals surface area contributed by atoms with Crippen LogP contribution in [0.4, 0.5) is 11.6 Å². The molecular weight excluding hydrogens is 380 g/mol. The van der Waals surface area contributed by atoms with Gasteiger partial charge in [-0.15, -0.1) is 0 Å². The number of nitrogens with one attached hydrogen (secondary N) is 2. The van der Waals surface area contributed by atoms with Crippen molar-refractivity contribution >= 4 is 33.5 Å². The molecule has 126 valence electrons. The number of hydrogen-bond acceptors (Lipinski definition) is 4. The molecule has 0 bridgehead atoms. The summed E-state index contributed by atoms with van der Waals surface area (Å²) < 4.78 is 0.943. The molecule has 1 aromatic heterocycles. The molecule has 0 saturated carbocycles. The molecule has 3 rings (SSSR count). The van der Waals surface area contributed by atoms with Crippen molar-refractivity contribution in [3.05, 3.63) is 82.1 Å². The Bertz CT molecular complexity index is 884. The molecule has 0 fully saturated rings. The number of carbonyl (C=O) groups excluding carboxylic acids is 1. The fraction of sp³-hybridized carbons (Fsp3) is 0.105. The van der Waals surface area contributed by atoms with Crippen molar-refractivity contribution in [1.29, 1.82) is 0 Å². The van der Waals surface area contributed by atoms with Crippen LogP contribution in [-0.4, -0.2) is 15.9 Å². The second kappa shape index (κ2) is 7.90. The van der Waals surface area contributed by atoms with E-state index in [1.807, 2.05) is 55.5 Å². The zero-order valence-electron chi connectivity index (χ0n) is 13.7. The van der Waals surface area contributed by atoms with Crippen molar-refractivity contribution in [2.75, 3.05) is 10.6 Å². The standard InChI is InChI=1S/C19H17BrN4O/c1-13-7-8-15(11-16(13)20)23-18(25)17-9-10-21-19(24-17)22-12-14-5-3-2-4-6-14/h2-11H,12H2,1H3,(H,23,25)(H,21,22,24). The van der Waals surface area contributed by atoms with Crippen LogP contribution in [0.25, 0.3) is 0 Å². The number of aromatic nitrogens is 2. The van der Waals surface area contributed by atoms with E-state index in [0.29, 0.717) is 23.9 Å². The summed E-state index contributed by atoms with van der Waals surface area (Å²) >= 11 is 3.46. The van der Waals surface area contributed by atoms with Gasteiger partial charge in [0.25, 0.3) is 5.91 Å². The minimum absolute atomic E-state index is 0.277. The van der Waals surface area contributed by atoms with Gasteiger partial charge in [0.1, 0.15) is 5.69 Å². The average molecular weight is 397 g/mol. The van der Waals surface area contributed by atoms with Crippen molar-refractivity contribution < 1.29 is 4.79 Å². The highest BCUT2D eigenvalue weighted by molar-refractivity contribution is 9.10. The van der Waals surface area contributed by atoms with Gasteiger partial charge in [0.2, 0.25) is 5.95 Å². The molecule has 2 aromatic carbocycles. The molecule has 0 atom stereocenters. The first kappa shape index (κ1) is 17.1. The van der Waals surface area contributed by atoms with E-state index in [0.717, 1.165) is 15.6 Å². The molecule has 1 heterocycles. The van der Waals surface area contributed by atoms with E-state index in [4.69, 9.17) is 0 Å². The molecule has 0 radical (unpaired) electrons. The van der Waals surface area contributed by atoms with Gasteiger partial charge in [0.15, 0.2) is 0 Å². The van der Waals surface area contributed by atoms with Crippen molar-refractivity contribution in [1.82, 2.24) is 9.97 Å². The minimum atomic E-state index is -0.277. The molecule has 2 N–H and O–H groups in total. The van der Waals surface area contributed by atoms with Gasteiger partial charge < -0.3 is 10.6 Å². The maximum atomic E-state index is 12.4. The van der Waals surface area contributed by atoms with E-state index in [9.17, 15) is 4.79 Å². The fourth-order valence-corrected chi connectivity index (χ4v) is 2.59. The third kappa shape index (κ3) is 4.64. The monoisotopic (exact) mass is 396 g/mol. The third-order valence-electron chi connectivity index (χ3n) is 3.61. The number of benzene rings is 2. The fourth-order valence-electron chi connectivity index (χ4n) is 2.21. The number of halogens is 1. The van der Waals surface area contributed by atoms with E-state index >= 15 is 0 Å². The Morgan fingerprint density at radius 2 is 1.92 bits per heavy atom. The number of nitrogens with zero attached hydrogens (tertiary/aromatic N) is 2. The molecule has 0 saturated heterocycles. The molecule has 6 heteroatoms. The second-order valence-corrected chi connectivity index (χ2v) is 6.38. The highest BCUT2D eigenvalue weighted by Gasteiger charge is 2.10. The topological polar surface area (TPSA) is 66.9 Å². The van der Waals surface area contributed by atoms with Crippen LogP contribution in [0, 0.1) is 6.92 Å². The number of rotatable bonds is 5. The third-order valence-corrected chi connectivity index (χ3v) is 4.47. The Morgan fingerprint density at radius 3 is 2.68 bits per heavy atom. The summed E-state index contributed by atoms with van der Waals surface area (Å²) in [5.74, 6) is 0.141. The minimum Gasteiger partial charge on any atom is -0.350 e. The Morgan fingerprint density at radius 1 is 1.12 bits per heavy atom. The summed E-state index contributed by atoms with van der Waals surface area (Å²) in [5, 5.41) is 5.97. The van der Waals surface area contributed by atoms with Crippen molar-refractivity contribution in [2.45, 2.75) is 13.5 Å². The molecule has 0 aliphatic rings. The van der Waals surface area contributed by atoms with Crippen LogP contribution >= 0.6 is 15.9 Å². The first-order chi connectivity index (χ1) is 12.1. The predicted octanol–water partition coefficient (Wildman–Crippen LogP) is 4.41. The summed E-state index contributed by atoms with van der Waals surface area (Å²) in [6, 6.07) is 17.2. The van der Waals surface area contributed by atoms with Crippen molar-refractivity contribution in [3.8, 4) is 0 Å². The molecule has 0 aliphatic carbocycles. The van der Waals surface area contributed by atoms with Gasteiger partial charge in [-0.1, -0.05) is 52.3 Å². The summed E-state index contributed by atoms with van der Waals surface area (Å²) in [6.07, 6.45) is 1.57. The van der Waals surface area contributed by atoms with Gasteiger partial charge in [-0.25, -0.2) is 9.97 Å². The zero-order chi connectivity index (χ0) is 17.6. The van der Waals surface area contributed by atoms with Crippen LogP contribution in [-0.2, 0) is 6.54 Å². The van der Waals surface area contributed by atoms with Crippen molar-refractivity contribution in [3.63, 3.8) is 0 Å². The Hall–Kier alpha value is -2.73. The molecule has 3 aromatic rings. The van der Waals surface area contributed by atoms with E-state index in [2.05, 4.69) is 36.5 Å². The van der Waals surface area contributed by atoms with Crippen LogP contribution in [0.3, 0.4) is 0 Å². The van der Waals surface area contributed by atoms with Crippen LogP contribution in [0.15, 0.2) is 65.3 Å². The van der Waals surface area contributed by atoms with Crippen LogP contribution in [0.5, 0.6) is 0 Å². The molecular formula is C19H17BrN4O. The van der Waals surface area contributed by atoms with E-state index < -0.39 is 0 Å². The van der Waals surface area contributed by atoms with Crippen LogP contribution in [0.2, 0.25) is 0 Å². The van der Waals surface area contributed by atoms with E-state index in [1.165, 1.54) is 0 Å². The van der Waals surface area contributed by atoms with Crippen LogP contribution in [0.1, 0.15) is 21.6 Å². The molecule has 0 unspecified atom stereocenters. The lowest BCUT2D eigenvalue weighted by atomic mass is 10.2. The number of hydrogen-bond donors (Lipinski definition) is 2. The lowest BCUT2D eigenvalue weighted by Crippen LogP contribution is -2.15. The van der Waals surface area contributed by atoms with Gasteiger partial charge in [-0.3, -0.25) is 4.79 Å². The van der Waals surface area contributed by atoms with Crippen molar-refractivity contribution in [2.24, 2.45) is 0 Å².